The molecule has 5 rings (SSSR count). The SMILES string of the molecule is O=C(Nc1ccn(Cc2cccc3ccccc23)n1)c1ccn(Cn2cnc([N+](=O)[O-])n2)n1. The van der Waals surface area contributed by atoms with E-state index in [0.717, 1.165) is 16.3 Å². The van der Waals surface area contributed by atoms with Crippen LogP contribution in [0.2, 0.25) is 0 Å². The lowest BCUT2D eigenvalue weighted by Crippen LogP contribution is -2.15. The molecule has 0 unspecified atom stereocenters. The molecule has 0 bridgehead atoms. The van der Waals surface area contributed by atoms with Crippen LogP contribution in [0.15, 0.2) is 73.3 Å². The number of nitro groups is 1. The van der Waals surface area contributed by atoms with Crippen molar-refractivity contribution in [3.8, 4) is 0 Å². The maximum absolute atomic E-state index is 12.6. The average molecular weight is 443 g/mol. The Morgan fingerprint density at radius 1 is 0.939 bits per heavy atom. The Kier molecular flexibility index (Phi) is 5.07. The van der Waals surface area contributed by atoms with E-state index < -0.39 is 16.8 Å². The van der Waals surface area contributed by atoms with Crippen LogP contribution in [-0.2, 0) is 13.2 Å². The highest BCUT2D eigenvalue weighted by Gasteiger charge is 2.15. The van der Waals surface area contributed by atoms with Crippen LogP contribution in [-0.4, -0.2) is 45.2 Å². The van der Waals surface area contributed by atoms with Crippen molar-refractivity contribution in [2.75, 3.05) is 5.32 Å². The van der Waals surface area contributed by atoms with Crippen LogP contribution in [0.25, 0.3) is 10.8 Å². The van der Waals surface area contributed by atoms with Crippen molar-refractivity contribution in [1.82, 2.24) is 34.3 Å². The fraction of sp³-hybridized carbons (Fsp3) is 0.0952. The maximum atomic E-state index is 12.6. The first-order valence-corrected chi connectivity index (χ1v) is 9.94. The van der Waals surface area contributed by atoms with Gasteiger partial charge in [-0.05, 0) is 27.3 Å². The zero-order chi connectivity index (χ0) is 22.8. The minimum Gasteiger partial charge on any atom is -0.390 e. The van der Waals surface area contributed by atoms with Gasteiger partial charge in [0.2, 0.25) is 6.33 Å². The lowest BCUT2D eigenvalue weighted by molar-refractivity contribution is -0.394. The minimum absolute atomic E-state index is 0.0772. The van der Waals surface area contributed by atoms with Gasteiger partial charge in [-0.15, -0.1) is 0 Å². The van der Waals surface area contributed by atoms with Crippen LogP contribution in [0.1, 0.15) is 16.1 Å². The zero-order valence-corrected chi connectivity index (χ0v) is 17.1. The van der Waals surface area contributed by atoms with Gasteiger partial charge >= 0.3 is 5.95 Å². The third-order valence-corrected chi connectivity index (χ3v) is 4.95. The second-order valence-electron chi connectivity index (χ2n) is 7.21. The predicted molar refractivity (Wildman–Crippen MR) is 118 cm³/mol. The number of anilines is 1. The van der Waals surface area contributed by atoms with Gasteiger partial charge in [-0.1, -0.05) is 47.4 Å². The fourth-order valence-electron chi connectivity index (χ4n) is 3.45. The Bertz CT molecular complexity index is 1460. The first-order chi connectivity index (χ1) is 16.0. The fourth-order valence-corrected chi connectivity index (χ4v) is 3.45. The molecular weight excluding hydrogens is 426 g/mol. The number of carbonyl (C=O) groups is 1. The second kappa shape index (κ2) is 8.34. The average Bonchev–Trinajstić information content (AvgIpc) is 3.56. The Labute approximate surface area is 186 Å². The molecule has 1 N–H and O–H groups in total. The van der Waals surface area contributed by atoms with Crippen LogP contribution in [0, 0.1) is 10.1 Å². The first-order valence-electron chi connectivity index (χ1n) is 9.94. The molecule has 2 aromatic carbocycles. The van der Waals surface area contributed by atoms with E-state index in [1.54, 1.807) is 23.1 Å². The predicted octanol–water partition coefficient (Wildman–Crippen LogP) is 2.54. The highest BCUT2D eigenvalue weighted by atomic mass is 16.6. The molecule has 0 saturated heterocycles. The summed E-state index contributed by atoms with van der Waals surface area (Å²) >= 11 is 0. The number of fused-ring (bicyclic) bond motifs is 1. The summed E-state index contributed by atoms with van der Waals surface area (Å²) in [5, 5.41) is 28.0. The van der Waals surface area contributed by atoms with Gasteiger partial charge in [-0.2, -0.15) is 14.9 Å². The van der Waals surface area contributed by atoms with Crippen molar-refractivity contribution in [2.45, 2.75) is 13.2 Å². The van der Waals surface area contributed by atoms with Crippen LogP contribution >= 0.6 is 0 Å². The molecular formula is C21H17N9O3. The third kappa shape index (κ3) is 4.30. The first kappa shape index (κ1) is 20.1. The van der Waals surface area contributed by atoms with Crippen molar-refractivity contribution >= 4 is 28.4 Å². The third-order valence-electron chi connectivity index (χ3n) is 4.95. The Morgan fingerprint density at radius 2 is 1.76 bits per heavy atom. The summed E-state index contributed by atoms with van der Waals surface area (Å²) in [6.07, 6.45) is 4.59. The molecule has 1 amide bonds. The maximum Gasteiger partial charge on any atom is 0.491 e. The highest BCUT2D eigenvalue weighted by molar-refractivity contribution is 6.02. The Hall–Kier alpha value is -4.87. The van der Waals surface area contributed by atoms with Gasteiger partial charge in [0.05, 0.1) is 6.54 Å². The number of rotatable bonds is 7. The molecule has 12 heteroatoms. The normalized spacial score (nSPS) is 11.0. The van der Waals surface area contributed by atoms with Crippen molar-refractivity contribution in [3.63, 3.8) is 0 Å². The van der Waals surface area contributed by atoms with Gasteiger partial charge in [0.1, 0.15) is 0 Å². The summed E-state index contributed by atoms with van der Waals surface area (Å²) in [6, 6.07) is 17.5. The largest absolute Gasteiger partial charge is 0.491 e. The molecule has 3 heterocycles. The molecule has 3 aromatic heterocycles. The molecule has 0 spiro atoms. The van der Waals surface area contributed by atoms with Crippen LogP contribution < -0.4 is 5.32 Å². The summed E-state index contributed by atoms with van der Waals surface area (Å²) in [7, 11) is 0. The van der Waals surface area contributed by atoms with E-state index in [0.29, 0.717) is 12.4 Å². The molecule has 0 aliphatic carbocycles. The second-order valence-corrected chi connectivity index (χ2v) is 7.21. The molecule has 0 saturated carbocycles. The number of nitrogens with zero attached hydrogens (tertiary/aromatic N) is 8. The molecule has 0 aliphatic rings. The molecule has 0 aliphatic heterocycles. The van der Waals surface area contributed by atoms with Gasteiger partial charge in [0.15, 0.2) is 18.2 Å². The molecule has 5 aromatic rings. The van der Waals surface area contributed by atoms with Crippen LogP contribution in [0.4, 0.5) is 11.8 Å². The van der Waals surface area contributed by atoms with Crippen molar-refractivity contribution in [3.05, 3.63) is 94.7 Å². The summed E-state index contributed by atoms with van der Waals surface area (Å²) in [5.74, 6) is -0.519. The van der Waals surface area contributed by atoms with Gasteiger partial charge in [-0.3, -0.25) is 9.48 Å². The number of aromatic nitrogens is 7. The van der Waals surface area contributed by atoms with E-state index in [2.05, 4.69) is 49.9 Å². The highest BCUT2D eigenvalue weighted by Crippen LogP contribution is 2.19. The monoisotopic (exact) mass is 443 g/mol. The van der Waals surface area contributed by atoms with Gasteiger partial charge in [0.25, 0.3) is 5.91 Å². The molecule has 0 atom stereocenters. The topological polar surface area (TPSA) is 139 Å². The number of amides is 1. The minimum atomic E-state index is -0.683. The Morgan fingerprint density at radius 3 is 2.61 bits per heavy atom. The molecule has 33 heavy (non-hydrogen) atoms. The Balaban J connectivity index is 1.24. The summed E-state index contributed by atoms with van der Waals surface area (Å²) in [5.41, 5.74) is 1.30. The quantitative estimate of drug-likeness (QED) is 0.301. The van der Waals surface area contributed by atoms with E-state index in [4.69, 9.17) is 0 Å². The van der Waals surface area contributed by atoms with E-state index in [1.165, 1.54) is 21.8 Å². The van der Waals surface area contributed by atoms with Gasteiger partial charge in [-0.25, -0.2) is 4.68 Å². The van der Waals surface area contributed by atoms with E-state index in [9.17, 15) is 14.9 Å². The lowest BCUT2D eigenvalue weighted by atomic mass is 10.0. The van der Waals surface area contributed by atoms with Crippen molar-refractivity contribution in [2.24, 2.45) is 0 Å². The number of carbonyl (C=O) groups excluding carboxylic acids is 1. The van der Waals surface area contributed by atoms with Gasteiger partial charge < -0.3 is 15.4 Å². The van der Waals surface area contributed by atoms with E-state index in [1.807, 2.05) is 18.2 Å². The number of hydrogen-bond donors (Lipinski definition) is 1. The standard InChI is InChI=1S/C21H17N9O3/c31-20(18-8-10-28(24-18)14-29-13-22-21(26-29)30(32)33)23-19-9-11-27(25-19)12-16-6-3-5-15-4-1-2-7-17(15)16/h1-11,13H,12,14H2,(H,23,25,31). The van der Waals surface area contributed by atoms with Gasteiger partial charge in [0, 0.05) is 23.6 Å². The van der Waals surface area contributed by atoms with E-state index >= 15 is 0 Å². The summed E-state index contributed by atoms with van der Waals surface area (Å²) in [6.45, 7) is 0.643. The molecule has 0 fully saturated rings. The number of benzene rings is 2. The molecule has 0 radical (unpaired) electrons. The number of hydrogen-bond acceptors (Lipinski definition) is 7. The lowest BCUT2D eigenvalue weighted by Gasteiger charge is -2.06. The smallest absolute Gasteiger partial charge is 0.390 e. The number of nitrogens with one attached hydrogen (secondary N) is 1. The van der Waals surface area contributed by atoms with Crippen molar-refractivity contribution < 1.29 is 9.72 Å². The van der Waals surface area contributed by atoms with E-state index in [-0.39, 0.29) is 12.4 Å². The van der Waals surface area contributed by atoms with Crippen molar-refractivity contribution in [1.29, 1.82) is 0 Å². The van der Waals surface area contributed by atoms with Crippen LogP contribution in [0.5, 0.6) is 0 Å². The van der Waals surface area contributed by atoms with Crippen LogP contribution in [0.3, 0.4) is 0 Å². The summed E-state index contributed by atoms with van der Waals surface area (Å²) in [4.78, 5) is 26.1. The molecule has 12 nitrogen and oxygen atoms in total. The molecule has 164 valence electrons. The summed E-state index contributed by atoms with van der Waals surface area (Å²) < 4.78 is 4.43. The zero-order valence-electron chi connectivity index (χ0n) is 17.1.